The van der Waals surface area contributed by atoms with Crippen LogP contribution in [0.15, 0.2) is 27.7 Å². The first-order chi connectivity index (χ1) is 7.66. The molecule has 0 radical (unpaired) electrons. The van der Waals surface area contributed by atoms with Crippen LogP contribution in [0.3, 0.4) is 0 Å². The fourth-order valence-electron chi connectivity index (χ4n) is 1.56. The second-order valence-electron chi connectivity index (χ2n) is 3.72. The van der Waals surface area contributed by atoms with Crippen molar-refractivity contribution in [1.29, 1.82) is 0 Å². The third kappa shape index (κ3) is 2.52. The number of hydrogen-bond donors (Lipinski definition) is 1. The number of nitrogens with zero attached hydrogens (tertiary/aromatic N) is 2. The molecule has 16 heavy (non-hydrogen) atoms. The van der Waals surface area contributed by atoms with E-state index in [-0.39, 0.29) is 5.82 Å². The third-order valence-electron chi connectivity index (χ3n) is 2.51. The molecule has 3 nitrogen and oxygen atoms in total. The lowest BCUT2D eigenvalue weighted by Crippen LogP contribution is -2.35. The molecular formula is C11H13BrFN3. The second kappa shape index (κ2) is 4.82. The van der Waals surface area contributed by atoms with Crippen molar-refractivity contribution in [2.45, 2.75) is 6.54 Å². The molecule has 0 saturated heterocycles. The van der Waals surface area contributed by atoms with Crippen LogP contribution in [0.5, 0.6) is 0 Å². The maximum Gasteiger partial charge on any atom is 0.194 e. The van der Waals surface area contributed by atoms with Crippen molar-refractivity contribution in [2.75, 3.05) is 20.1 Å². The van der Waals surface area contributed by atoms with E-state index in [2.05, 4.69) is 31.1 Å². The molecule has 0 aliphatic carbocycles. The van der Waals surface area contributed by atoms with Gasteiger partial charge in [0.2, 0.25) is 0 Å². The van der Waals surface area contributed by atoms with Gasteiger partial charge in [0.25, 0.3) is 0 Å². The Morgan fingerprint density at radius 1 is 1.56 bits per heavy atom. The molecule has 0 atom stereocenters. The normalized spacial score (nSPS) is 15.2. The van der Waals surface area contributed by atoms with Gasteiger partial charge in [-0.05, 0) is 17.7 Å². The molecule has 1 heterocycles. The highest BCUT2D eigenvalue weighted by Crippen LogP contribution is 2.17. The Morgan fingerprint density at radius 3 is 3.00 bits per heavy atom. The van der Waals surface area contributed by atoms with E-state index in [1.807, 2.05) is 7.05 Å². The van der Waals surface area contributed by atoms with Crippen molar-refractivity contribution in [1.82, 2.24) is 10.2 Å². The molecule has 0 bridgehead atoms. The molecule has 5 heteroatoms. The zero-order chi connectivity index (χ0) is 11.5. The Balaban J connectivity index is 1.99. The molecule has 1 aliphatic rings. The highest BCUT2D eigenvalue weighted by molar-refractivity contribution is 9.10. The van der Waals surface area contributed by atoms with Crippen molar-refractivity contribution in [3.05, 3.63) is 34.1 Å². The summed E-state index contributed by atoms with van der Waals surface area (Å²) >= 11 is 3.34. The highest BCUT2D eigenvalue weighted by atomic mass is 79.9. The summed E-state index contributed by atoms with van der Waals surface area (Å²) in [6, 6.07) is 4.70. The van der Waals surface area contributed by atoms with E-state index in [0.717, 1.165) is 29.1 Å². The number of benzene rings is 1. The minimum atomic E-state index is -0.231. The predicted octanol–water partition coefficient (Wildman–Crippen LogP) is 1.98. The fourth-order valence-corrected chi connectivity index (χ4v) is 2.05. The summed E-state index contributed by atoms with van der Waals surface area (Å²) in [7, 11) is 2.00. The number of aliphatic imine (C=N–C) groups is 1. The minimum Gasteiger partial charge on any atom is -0.352 e. The summed E-state index contributed by atoms with van der Waals surface area (Å²) in [6.07, 6.45) is 0. The van der Waals surface area contributed by atoms with Crippen LogP contribution in [0.25, 0.3) is 0 Å². The third-order valence-corrected chi connectivity index (χ3v) is 3.25. The number of likely N-dealkylation sites (N-methyl/N-ethyl adjacent to an activating group) is 1. The Hall–Kier alpha value is -1.10. The maximum atomic E-state index is 12.9. The summed E-state index contributed by atoms with van der Waals surface area (Å²) in [5, 5.41) is 3.23. The largest absolute Gasteiger partial charge is 0.352 e. The number of hydrogen-bond acceptors (Lipinski definition) is 3. The van der Waals surface area contributed by atoms with E-state index in [9.17, 15) is 4.39 Å². The molecular weight excluding hydrogens is 273 g/mol. The molecule has 1 aromatic rings. The second-order valence-corrected chi connectivity index (χ2v) is 4.57. The number of nitrogens with one attached hydrogen (secondary N) is 1. The van der Waals surface area contributed by atoms with Crippen LogP contribution in [0, 0.1) is 5.82 Å². The smallest absolute Gasteiger partial charge is 0.194 e. The predicted molar refractivity (Wildman–Crippen MR) is 65.9 cm³/mol. The van der Waals surface area contributed by atoms with Gasteiger partial charge in [-0.15, -0.1) is 0 Å². The van der Waals surface area contributed by atoms with Gasteiger partial charge < -0.3 is 10.2 Å². The van der Waals surface area contributed by atoms with Crippen molar-refractivity contribution in [3.8, 4) is 0 Å². The highest BCUT2D eigenvalue weighted by Gasteiger charge is 2.11. The van der Waals surface area contributed by atoms with Crippen LogP contribution in [0.1, 0.15) is 5.56 Å². The van der Waals surface area contributed by atoms with Gasteiger partial charge in [0, 0.05) is 24.6 Å². The molecule has 1 N–H and O–H groups in total. The van der Waals surface area contributed by atoms with Gasteiger partial charge in [-0.3, -0.25) is 4.99 Å². The average molecular weight is 286 g/mol. The molecule has 1 aromatic carbocycles. The van der Waals surface area contributed by atoms with Gasteiger partial charge in [0.1, 0.15) is 5.82 Å². The van der Waals surface area contributed by atoms with Gasteiger partial charge in [-0.1, -0.05) is 22.0 Å². The zero-order valence-electron chi connectivity index (χ0n) is 9.00. The standard InChI is InChI=1S/C11H13BrFN3/c1-16-5-4-14-11(16)15-7-8-2-3-9(13)6-10(8)12/h2-3,6H,4-5,7H2,1H3,(H,14,15). The van der Waals surface area contributed by atoms with Crippen molar-refractivity contribution in [2.24, 2.45) is 4.99 Å². The molecule has 86 valence electrons. The molecule has 0 spiro atoms. The van der Waals surface area contributed by atoms with Gasteiger partial charge >= 0.3 is 0 Å². The Morgan fingerprint density at radius 2 is 2.38 bits per heavy atom. The zero-order valence-corrected chi connectivity index (χ0v) is 10.6. The lowest BCUT2D eigenvalue weighted by Gasteiger charge is -2.15. The summed E-state index contributed by atoms with van der Waals surface area (Å²) < 4.78 is 13.6. The first kappa shape index (κ1) is 11.4. The lowest BCUT2D eigenvalue weighted by molar-refractivity contribution is 0.533. The van der Waals surface area contributed by atoms with E-state index in [4.69, 9.17) is 0 Å². The van der Waals surface area contributed by atoms with E-state index >= 15 is 0 Å². The lowest BCUT2D eigenvalue weighted by atomic mass is 10.2. The molecule has 2 rings (SSSR count). The van der Waals surface area contributed by atoms with Crippen LogP contribution in [-0.4, -0.2) is 31.0 Å². The van der Waals surface area contributed by atoms with Crippen LogP contribution < -0.4 is 5.32 Å². The van der Waals surface area contributed by atoms with E-state index in [1.165, 1.54) is 12.1 Å². The first-order valence-electron chi connectivity index (χ1n) is 5.10. The number of rotatable bonds is 2. The topological polar surface area (TPSA) is 27.6 Å². The summed E-state index contributed by atoms with van der Waals surface area (Å²) in [4.78, 5) is 6.39. The summed E-state index contributed by atoms with van der Waals surface area (Å²) in [6.45, 7) is 2.43. The molecule has 0 unspecified atom stereocenters. The van der Waals surface area contributed by atoms with E-state index in [1.54, 1.807) is 6.07 Å². The molecule has 0 fully saturated rings. The quantitative estimate of drug-likeness (QED) is 0.900. The first-order valence-corrected chi connectivity index (χ1v) is 5.89. The molecule has 0 amide bonds. The van der Waals surface area contributed by atoms with Gasteiger partial charge in [0.05, 0.1) is 6.54 Å². The fraction of sp³-hybridized carbons (Fsp3) is 0.364. The van der Waals surface area contributed by atoms with Crippen LogP contribution >= 0.6 is 15.9 Å². The molecule has 0 saturated carbocycles. The van der Waals surface area contributed by atoms with Crippen molar-refractivity contribution in [3.63, 3.8) is 0 Å². The van der Waals surface area contributed by atoms with Gasteiger partial charge in [-0.25, -0.2) is 4.39 Å². The summed E-state index contributed by atoms with van der Waals surface area (Å²) in [5.41, 5.74) is 1.02. The SMILES string of the molecule is CN1CCN=C1NCc1ccc(F)cc1Br. The van der Waals surface area contributed by atoms with Crippen LogP contribution in [-0.2, 0) is 6.54 Å². The number of halogens is 2. The van der Waals surface area contributed by atoms with Crippen molar-refractivity contribution < 1.29 is 4.39 Å². The van der Waals surface area contributed by atoms with E-state index in [0.29, 0.717) is 6.54 Å². The maximum absolute atomic E-state index is 12.9. The molecule has 0 aromatic heterocycles. The number of guanidine groups is 1. The van der Waals surface area contributed by atoms with Crippen LogP contribution in [0.2, 0.25) is 0 Å². The van der Waals surface area contributed by atoms with E-state index < -0.39 is 0 Å². The molecule has 1 aliphatic heterocycles. The Kier molecular flexibility index (Phi) is 3.43. The van der Waals surface area contributed by atoms with Gasteiger partial charge in [-0.2, -0.15) is 0 Å². The van der Waals surface area contributed by atoms with Crippen LogP contribution in [0.4, 0.5) is 4.39 Å². The Labute approximate surface area is 102 Å². The minimum absolute atomic E-state index is 0.231. The van der Waals surface area contributed by atoms with Gasteiger partial charge in [0.15, 0.2) is 5.96 Å². The van der Waals surface area contributed by atoms with Crippen molar-refractivity contribution >= 4 is 21.9 Å². The monoisotopic (exact) mass is 285 g/mol. The average Bonchev–Trinajstić information content (AvgIpc) is 2.63. The summed E-state index contributed by atoms with van der Waals surface area (Å²) in [5.74, 6) is 0.669. The Bertz CT molecular complexity index is 420.